The monoisotopic (exact) mass is 502 g/mol. The van der Waals surface area contributed by atoms with E-state index in [4.69, 9.17) is 28.1 Å². The van der Waals surface area contributed by atoms with Crippen LogP contribution in [0.4, 0.5) is 0 Å². The van der Waals surface area contributed by atoms with Crippen LogP contribution in [0, 0.1) is 0 Å². The highest BCUT2D eigenvalue weighted by Crippen LogP contribution is 2.38. The summed E-state index contributed by atoms with van der Waals surface area (Å²) in [5.41, 5.74) is 1.74. The van der Waals surface area contributed by atoms with Crippen molar-refractivity contribution in [3.63, 3.8) is 0 Å². The summed E-state index contributed by atoms with van der Waals surface area (Å²) in [6.07, 6.45) is 4.98. The van der Waals surface area contributed by atoms with E-state index in [-0.39, 0.29) is 22.5 Å². The van der Waals surface area contributed by atoms with Gasteiger partial charge in [0, 0.05) is 12.1 Å². The number of fused-ring (bicyclic) bond motifs is 1. The molecule has 0 saturated carbocycles. The van der Waals surface area contributed by atoms with Crippen molar-refractivity contribution in [3.05, 3.63) is 88.3 Å². The predicted molar refractivity (Wildman–Crippen MR) is 139 cm³/mol. The van der Waals surface area contributed by atoms with E-state index in [1.54, 1.807) is 30.3 Å². The third-order valence-electron chi connectivity index (χ3n) is 5.59. The summed E-state index contributed by atoms with van der Waals surface area (Å²) in [6.45, 7) is 2.06. The molecular weight excluding hydrogens is 476 g/mol. The van der Waals surface area contributed by atoms with Crippen LogP contribution >= 0.6 is 0 Å². The molecule has 1 heterocycles. The molecule has 0 N–H and O–H groups in total. The van der Waals surface area contributed by atoms with Crippen molar-refractivity contribution in [2.75, 3.05) is 21.3 Å². The lowest BCUT2D eigenvalue weighted by molar-refractivity contribution is -0.128. The molecule has 8 nitrogen and oxygen atoms in total. The molecule has 0 fully saturated rings. The quantitative estimate of drug-likeness (QED) is 0.161. The van der Waals surface area contributed by atoms with Gasteiger partial charge in [0.15, 0.2) is 11.5 Å². The van der Waals surface area contributed by atoms with Gasteiger partial charge in [0.05, 0.1) is 26.7 Å². The molecule has 0 amide bonds. The maximum Gasteiger partial charge on any atom is 0.336 e. The Morgan fingerprint density at radius 1 is 0.865 bits per heavy atom. The number of aryl methyl sites for hydroxylation is 1. The molecule has 37 heavy (non-hydrogen) atoms. The molecule has 4 rings (SSSR count). The summed E-state index contributed by atoms with van der Waals surface area (Å²) < 4.78 is 32.6. The number of ether oxygens (including phenoxy) is 5. The van der Waals surface area contributed by atoms with Gasteiger partial charge in [-0.05, 0) is 60.0 Å². The summed E-state index contributed by atoms with van der Waals surface area (Å²) >= 11 is 0. The third kappa shape index (κ3) is 5.75. The molecule has 1 aromatic heterocycles. The van der Waals surface area contributed by atoms with E-state index in [9.17, 15) is 9.59 Å². The van der Waals surface area contributed by atoms with Crippen LogP contribution < -0.4 is 29.1 Å². The number of carbonyl (C=O) groups excluding carboxylic acids is 1. The zero-order valence-corrected chi connectivity index (χ0v) is 20.9. The fourth-order valence-corrected chi connectivity index (χ4v) is 3.66. The first kappa shape index (κ1) is 25.4. The third-order valence-corrected chi connectivity index (χ3v) is 5.59. The second kappa shape index (κ2) is 11.3. The van der Waals surface area contributed by atoms with Crippen molar-refractivity contribution in [2.45, 2.75) is 13.3 Å². The first-order chi connectivity index (χ1) is 17.9. The number of esters is 1. The first-order valence-electron chi connectivity index (χ1n) is 11.5. The number of benzene rings is 3. The molecule has 0 bridgehead atoms. The van der Waals surface area contributed by atoms with Crippen LogP contribution in [0.1, 0.15) is 18.1 Å². The van der Waals surface area contributed by atoms with Gasteiger partial charge in [0.25, 0.3) is 0 Å². The molecule has 3 aromatic carbocycles. The van der Waals surface area contributed by atoms with Gasteiger partial charge in [-0.15, -0.1) is 0 Å². The van der Waals surface area contributed by atoms with E-state index in [0.717, 1.165) is 6.42 Å². The zero-order valence-electron chi connectivity index (χ0n) is 20.9. The van der Waals surface area contributed by atoms with Crippen LogP contribution in [0.15, 0.2) is 76.1 Å². The molecule has 0 unspecified atom stereocenters. The Bertz CT molecular complexity index is 1470. The minimum Gasteiger partial charge on any atom is -0.493 e. The number of rotatable bonds is 9. The Balaban J connectivity index is 1.49. The molecule has 0 atom stereocenters. The van der Waals surface area contributed by atoms with Crippen molar-refractivity contribution in [2.24, 2.45) is 0 Å². The lowest BCUT2D eigenvalue weighted by Gasteiger charge is -2.12. The average molecular weight is 503 g/mol. The molecule has 0 aliphatic heterocycles. The highest BCUT2D eigenvalue weighted by Gasteiger charge is 2.13. The second-order valence-corrected chi connectivity index (χ2v) is 7.90. The molecule has 4 aromatic rings. The summed E-state index contributed by atoms with van der Waals surface area (Å²) in [4.78, 5) is 25.3. The Morgan fingerprint density at radius 3 is 2.16 bits per heavy atom. The Labute approximate surface area is 213 Å². The van der Waals surface area contributed by atoms with Crippen LogP contribution in [0.5, 0.6) is 34.5 Å². The number of methoxy groups -OCH3 is 3. The number of hydrogen-bond acceptors (Lipinski definition) is 8. The minimum absolute atomic E-state index is 0.0646. The van der Waals surface area contributed by atoms with E-state index in [1.807, 2.05) is 12.1 Å². The van der Waals surface area contributed by atoms with Crippen LogP contribution in [-0.2, 0) is 11.2 Å². The zero-order chi connectivity index (χ0) is 26.4. The van der Waals surface area contributed by atoms with Gasteiger partial charge in [-0.1, -0.05) is 19.1 Å². The Hall–Kier alpha value is -4.72. The average Bonchev–Trinajstić information content (AvgIpc) is 2.93. The lowest BCUT2D eigenvalue weighted by atomic mass is 10.1. The van der Waals surface area contributed by atoms with Crippen molar-refractivity contribution >= 4 is 23.0 Å². The smallest absolute Gasteiger partial charge is 0.336 e. The number of hydrogen-bond donors (Lipinski definition) is 0. The molecular formula is C29H26O8. The minimum atomic E-state index is -0.620. The van der Waals surface area contributed by atoms with Gasteiger partial charge >= 0.3 is 5.97 Å². The van der Waals surface area contributed by atoms with Crippen molar-refractivity contribution in [1.29, 1.82) is 0 Å². The topological polar surface area (TPSA) is 93.4 Å². The standard InChI is InChI=1S/C29H26O8/c1-5-18-6-9-20(10-7-18)36-26-17-35-23-16-21(11-12-22(23)28(26)31)37-27(30)13-8-19-14-24(32-2)29(34-4)25(15-19)33-3/h6-17H,5H2,1-4H3. The molecule has 0 spiro atoms. The maximum absolute atomic E-state index is 12.9. The van der Waals surface area contributed by atoms with Crippen molar-refractivity contribution in [3.8, 4) is 34.5 Å². The second-order valence-electron chi connectivity index (χ2n) is 7.90. The summed E-state index contributed by atoms with van der Waals surface area (Å²) in [5, 5.41) is 0.301. The molecule has 0 saturated heterocycles. The fourth-order valence-electron chi connectivity index (χ4n) is 3.66. The predicted octanol–water partition coefficient (Wildman–Crippen LogP) is 5.79. The summed E-state index contributed by atoms with van der Waals surface area (Å²) in [5.74, 6) is 1.57. The van der Waals surface area contributed by atoms with E-state index in [0.29, 0.717) is 33.9 Å². The van der Waals surface area contributed by atoms with E-state index < -0.39 is 5.97 Å². The van der Waals surface area contributed by atoms with Crippen LogP contribution in [0.25, 0.3) is 17.0 Å². The van der Waals surface area contributed by atoms with Gasteiger partial charge in [0.2, 0.25) is 16.9 Å². The summed E-state index contributed by atoms with van der Waals surface area (Å²) in [7, 11) is 4.53. The van der Waals surface area contributed by atoms with Gasteiger partial charge in [-0.2, -0.15) is 0 Å². The molecule has 0 aliphatic rings. The SMILES string of the molecule is CCc1ccc(Oc2coc3cc(OC(=O)C=Cc4cc(OC)c(OC)c(OC)c4)ccc3c2=O)cc1. The van der Waals surface area contributed by atoms with Crippen LogP contribution in [0.2, 0.25) is 0 Å². The van der Waals surface area contributed by atoms with Crippen LogP contribution in [0.3, 0.4) is 0 Å². The van der Waals surface area contributed by atoms with Crippen molar-refractivity contribution < 1.29 is 32.9 Å². The normalized spacial score (nSPS) is 10.9. The largest absolute Gasteiger partial charge is 0.493 e. The Morgan fingerprint density at radius 2 is 1.54 bits per heavy atom. The molecule has 0 radical (unpaired) electrons. The Kier molecular flexibility index (Phi) is 7.78. The van der Waals surface area contributed by atoms with Gasteiger partial charge in [-0.25, -0.2) is 4.79 Å². The van der Waals surface area contributed by atoms with Gasteiger partial charge < -0.3 is 28.1 Å². The fraction of sp³-hybridized carbons (Fsp3) is 0.172. The highest BCUT2D eigenvalue weighted by atomic mass is 16.5. The van der Waals surface area contributed by atoms with Crippen molar-refractivity contribution in [1.82, 2.24) is 0 Å². The first-order valence-corrected chi connectivity index (χ1v) is 11.5. The number of carbonyl (C=O) groups is 1. The maximum atomic E-state index is 12.9. The van der Waals surface area contributed by atoms with Gasteiger partial charge in [-0.3, -0.25) is 4.79 Å². The lowest BCUT2D eigenvalue weighted by Crippen LogP contribution is -2.06. The van der Waals surface area contributed by atoms with E-state index in [1.165, 1.54) is 57.4 Å². The van der Waals surface area contributed by atoms with Crippen LogP contribution in [-0.4, -0.2) is 27.3 Å². The summed E-state index contributed by atoms with van der Waals surface area (Å²) in [6, 6.07) is 15.4. The van der Waals surface area contributed by atoms with E-state index >= 15 is 0 Å². The molecule has 8 heteroatoms. The molecule has 0 aliphatic carbocycles. The van der Waals surface area contributed by atoms with E-state index in [2.05, 4.69) is 6.92 Å². The highest BCUT2D eigenvalue weighted by molar-refractivity contribution is 5.89. The van der Waals surface area contributed by atoms with Gasteiger partial charge in [0.1, 0.15) is 23.3 Å². The molecule has 190 valence electrons.